The zero-order valence-electron chi connectivity index (χ0n) is 20.1. The molecule has 184 valence electrons. The third kappa shape index (κ3) is 6.27. The molecule has 1 heterocycles. The molecule has 5 atom stereocenters. The number of hydrogen-bond acceptors (Lipinski definition) is 5. The molecule has 2 aromatic carbocycles. The molecule has 5 unspecified atom stereocenters. The van der Waals surface area contributed by atoms with Crippen molar-refractivity contribution < 1.29 is 18.5 Å². The van der Waals surface area contributed by atoms with Gasteiger partial charge in [0.05, 0.1) is 24.2 Å². The molecular formula is C27H36N2O4S. The maximum atomic E-state index is 12.1. The summed E-state index contributed by atoms with van der Waals surface area (Å²) in [5, 5.41) is -0.0559. The van der Waals surface area contributed by atoms with Crippen molar-refractivity contribution in [1.29, 1.82) is 0 Å². The van der Waals surface area contributed by atoms with Crippen molar-refractivity contribution in [2.45, 2.75) is 50.9 Å². The summed E-state index contributed by atoms with van der Waals surface area (Å²) in [4.78, 5) is 7.62. The van der Waals surface area contributed by atoms with E-state index in [2.05, 4.69) is 49.1 Å². The van der Waals surface area contributed by atoms with Crippen LogP contribution in [0, 0.1) is 11.8 Å². The van der Waals surface area contributed by atoms with Crippen LogP contribution in [0.5, 0.6) is 5.75 Å². The topological polar surface area (TPSA) is 82.8 Å². The standard InChI is InChI=1S/C27H36N2O4S/c1-19-15-25(31-13-4-12-28)16-20(2)27(19)23-6-3-5-21(17-23)18-32-24-9-7-22(8-10-24)26-11-14-33-29-34(26)30/h3,5-10,15,17,19-20,26-27,29H,4,11-14,16,18,28H2,1-2H3. The minimum Gasteiger partial charge on any atom is -0.498 e. The monoisotopic (exact) mass is 484 g/mol. The molecule has 6 nitrogen and oxygen atoms in total. The highest BCUT2D eigenvalue weighted by Crippen LogP contribution is 2.41. The highest BCUT2D eigenvalue weighted by Gasteiger charge is 2.30. The van der Waals surface area contributed by atoms with E-state index in [1.165, 1.54) is 5.56 Å². The Kier molecular flexibility index (Phi) is 8.78. The van der Waals surface area contributed by atoms with Crippen LogP contribution in [0.3, 0.4) is 0 Å². The Morgan fingerprint density at radius 1 is 1.12 bits per heavy atom. The fourth-order valence-corrected chi connectivity index (χ4v) is 6.04. The molecule has 0 radical (unpaired) electrons. The molecule has 0 amide bonds. The van der Waals surface area contributed by atoms with E-state index < -0.39 is 11.0 Å². The molecule has 3 N–H and O–H groups in total. The summed E-state index contributed by atoms with van der Waals surface area (Å²) in [5.74, 6) is 3.27. The van der Waals surface area contributed by atoms with E-state index in [0.29, 0.717) is 44.1 Å². The Labute approximate surface area is 205 Å². The van der Waals surface area contributed by atoms with Gasteiger partial charge < -0.3 is 15.2 Å². The summed E-state index contributed by atoms with van der Waals surface area (Å²) >= 11 is 0. The summed E-state index contributed by atoms with van der Waals surface area (Å²) in [7, 11) is -1.22. The number of allylic oxidation sites excluding steroid dienone is 2. The third-order valence-electron chi connectivity index (χ3n) is 6.66. The van der Waals surface area contributed by atoms with Crippen molar-refractivity contribution in [3.8, 4) is 5.75 Å². The van der Waals surface area contributed by atoms with Gasteiger partial charge >= 0.3 is 0 Å². The number of nitrogens with one attached hydrogen (secondary N) is 1. The normalized spacial score (nSPS) is 27.1. The molecule has 0 bridgehead atoms. The van der Waals surface area contributed by atoms with Crippen molar-refractivity contribution in [2.24, 2.45) is 17.6 Å². The van der Waals surface area contributed by atoms with Crippen LogP contribution in [0.1, 0.15) is 61.0 Å². The first-order chi connectivity index (χ1) is 16.5. The predicted octanol–water partition coefficient (Wildman–Crippen LogP) is 4.90. The predicted molar refractivity (Wildman–Crippen MR) is 135 cm³/mol. The van der Waals surface area contributed by atoms with Crippen molar-refractivity contribution in [2.75, 3.05) is 19.8 Å². The lowest BCUT2D eigenvalue weighted by Crippen LogP contribution is -2.30. The maximum absolute atomic E-state index is 12.1. The molecule has 4 rings (SSSR count). The second-order valence-electron chi connectivity index (χ2n) is 9.30. The van der Waals surface area contributed by atoms with Crippen molar-refractivity contribution in [3.05, 3.63) is 77.1 Å². The van der Waals surface area contributed by atoms with Crippen LogP contribution in [0.25, 0.3) is 0 Å². The molecule has 7 heteroatoms. The van der Waals surface area contributed by atoms with E-state index in [-0.39, 0.29) is 5.25 Å². The number of nitrogens with two attached hydrogens (primary N) is 1. The zero-order valence-corrected chi connectivity index (χ0v) is 20.9. The Balaban J connectivity index is 1.37. The minimum absolute atomic E-state index is 0.0559. The van der Waals surface area contributed by atoms with Gasteiger partial charge in [0, 0.05) is 6.42 Å². The van der Waals surface area contributed by atoms with Crippen LogP contribution >= 0.6 is 0 Å². The Morgan fingerprint density at radius 2 is 1.94 bits per heavy atom. The Morgan fingerprint density at radius 3 is 2.68 bits per heavy atom. The van der Waals surface area contributed by atoms with Gasteiger partial charge in [0.2, 0.25) is 0 Å². The molecule has 2 aromatic rings. The van der Waals surface area contributed by atoms with E-state index in [4.69, 9.17) is 20.0 Å². The number of hydrogen-bond donors (Lipinski definition) is 2. The van der Waals surface area contributed by atoms with Gasteiger partial charge in [-0.05, 0) is 72.0 Å². The van der Waals surface area contributed by atoms with Crippen LogP contribution < -0.4 is 15.4 Å². The fraction of sp³-hybridized carbons (Fsp3) is 0.481. The molecule has 0 aromatic heterocycles. The number of ether oxygens (including phenoxy) is 2. The Bertz CT molecular complexity index is 994. The summed E-state index contributed by atoms with van der Waals surface area (Å²) in [5.41, 5.74) is 9.13. The summed E-state index contributed by atoms with van der Waals surface area (Å²) in [6, 6.07) is 16.6. The van der Waals surface area contributed by atoms with E-state index in [1.54, 1.807) is 0 Å². The highest BCUT2D eigenvalue weighted by molar-refractivity contribution is 7.83. The van der Waals surface area contributed by atoms with E-state index in [1.807, 2.05) is 24.3 Å². The SMILES string of the molecule is CC1C=C(OCCCN)CC(C)C1c1cccc(COc2ccc(C3CCONS3=O)cc2)c1. The summed E-state index contributed by atoms with van der Waals surface area (Å²) in [6.07, 6.45) is 4.87. The maximum Gasteiger partial charge on any atom is 0.123 e. The number of benzene rings is 2. The van der Waals surface area contributed by atoms with Crippen LogP contribution in [0.4, 0.5) is 0 Å². The van der Waals surface area contributed by atoms with Gasteiger partial charge in [-0.3, -0.25) is 4.84 Å². The van der Waals surface area contributed by atoms with Gasteiger partial charge in [-0.1, -0.05) is 50.2 Å². The molecule has 1 aliphatic carbocycles. The van der Waals surface area contributed by atoms with Crippen molar-refractivity contribution in [1.82, 2.24) is 4.89 Å². The third-order valence-corrected chi connectivity index (χ3v) is 7.97. The zero-order chi connectivity index (χ0) is 23.9. The van der Waals surface area contributed by atoms with Crippen LogP contribution in [-0.4, -0.2) is 24.0 Å². The average Bonchev–Trinajstić information content (AvgIpc) is 2.84. The lowest BCUT2D eigenvalue weighted by molar-refractivity contribution is 0.0820. The van der Waals surface area contributed by atoms with Gasteiger partial charge in [-0.2, -0.15) is 0 Å². The molecule has 1 fully saturated rings. The minimum atomic E-state index is -1.22. The van der Waals surface area contributed by atoms with E-state index >= 15 is 0 Å². The van der Waals surface area contributed by atoms with Gasteiger partial charge in [0.15, 0.2) is 0 Å². The first kappa shape index (κ1) is 24.9. The lowest BCUT2D eigenvalue weighted by atomic mass is 9.73. The quantitative estimate of drug-likeness (QED) is 0.495. The van der Waals surface area contributed by atoms with Gasteiger partial charge in [0.1, 0.15) is 23.3 Å². The molecule has 1 saturated heterocycles. The van der Waals surface area contributed by atoms with Crippen molar-refractivity contribution >= 4 is 11.0 Å². The first-order valence-electron chi connectivity index (χ1n) is 12.2. The highest BCUT2D eigenvalue weighted by atomic mass is 32.2. The van der Waals surface area contributed by atoms with Gasteiger partial charge in [-0.25, -0.2) is 4.21 Å². The van der Waals surface area contributed by atoms with E-state index in [9.17, 15) is 4.21 Å². The summed E-state index contributed by atoms with van der Waals surface area (Å²) < 4.78 is 24.1. The average molecular weight is 485 g/mol. The van der Waals surface area contributed by atoms with Gasteiger partial charge in [0.25, 0.3) is 0 Å². The number of rotatable bonds is 9. The fourth-order valence-electron chi connectivity index (χ4n) is 5.01. The molecule has 1 aliphatic heterocycles. The first-order valence-corrected chi connectivity index (χ1v) is 13.4. The largest absolute Gasteiger partial charge is 0.498 e. The molecule has 0 saturated carbocycles. The van der Waals surface area contributed by atoms with Gasteiger partial charge in [-0.15, -0.1) is 4.89 Å². The second kappa shape index (κ2) is 12.0. The Hall–Kier alpha value is -2.19. The van der Waals surface area contributed by atoms with Crippen LogP contribution in [0.2, 0.25) is 0 Å². The molecule has 0 spiro atoms. The van der Waals surface area contributed by atoms with Crippen LogP contribution in [-0.2, 0) is 27.2 Å². The second-order valence-corrected chi connectivity index (χ2v) is 10.6. The summed E-state index contributed by atoms with van der Waals surface area (Å²) in [6.45, 7) is 7.02. The van der Waals surface area contributed by atoms with Crippen molar-refractivity contribution in [3.63, 3.8) is 0 Å². The lowest BCUT2D eigenvalue weighted by Gasteiger charge is -2.34. The van der Waals surface area contributed by atoms with E-state index in [0.717, 1.165) is 41.9 Å². The van der Waals surface area contributed by atoms with Crippen LogP contribution in [0.15, 0.2) is 60.4 Å². The molecular weight excluding hydrogens is 448 g/mol. The molecule has 34 heavy (non-hydrogen) atoms. The molecule has 2 aliphatic rings. The smallest absolute Gasteiger partial charge is 0.123 e.